The normalized spacial score (nSPS) is 10.7. The second kappa shape index (κ2) is 7.12. The van der Waals surface area contributed by atoms with Gasteiger partial charge < -0.3 is 15.2 Å². The molecule has 16 heavy (non-hydrogen) atoms. The lowest BCUT2D eigenvalue weighted by Gasteiger charge is -1.90. The van der Waals surface area contributed by atoms with Crippen LogP contribution in [0.25, 0.3) is 0 Å². The van der Waals surface area contributed by atoms with Gasteiger partial charge in [-0.1, -0.05) is 32.3 Å². The summed E-state index contributed by atoms with van der Waals surface area (Å²) in [6.45, 7) is 3.07. The smallest absolute Gasteiger partial charge is 0.211 e. The van der Waals surface area contributed by atoms with Crippen LogP contribution in [0.5, 0.6) is 17.2 Å². The van der Waals surface area contributed by atoms with Crippen molar-refractivity contribution in [1.29, 1.82) is 0 Å². The number of rotatable bonds is 5. The first kappa shape index (κ1) is 12.8. The Morgan fingerprint density at radius 1 is 1.25 bits per heavy atom. The van der Waals surface area contributed by atoms with Crippen LogP contribution in [0, 0.1) is 0 Å². The van der Waals surface area contributed by atoms with E-state index in [1.165, 1.54) is 25.7 Å². The molecule has 0 unspecified atom stereocenters. The average molecular weight is 223 g/mol. The first-order valence-corrected chi connectivity index (χ1v) is 5.88. The van der Waals surface area contributed by atoms with Crippen LogP contribution in [0.3, 0.4) is 0 Å². The number of fused-ring (bicyclic) bond motifs is 1. The minimum absolute atomic E-state index is 0.826. The van der Waals surface area contributed by atoms with Crippen molar-refractivity contribution in [2.24, 2.45) is 5.73 Å². The number of para-hydroxylation sites is 1. The number of hydrogen-bond donors (Lipinski definition) is 1. The Morgan fingerprint density at radius 3 is 2.62 bits per heavy atom. The first-order valence-electron chi connectivity index (χ1n) is 5.88. The van der Waals surface area contributed by atoms with Gasteiger partial charge in [-0.2, -0.15) is 0 Å². The zero-order valence-electron chi connectivity index (χ0n) is 10.2. The number of hydrogen-bond acceptors (Lipinski definition) is 3. The summed E-state index contributed by atoms with van der Waals surface area (Å²) < 4.78 is 10.0. The molecule has 1 aliphatic heterocycles. The minimum atomic E-state index is 0.826. The summed E-state index contributed by atoms with van der Waals surface area (Å²) >= 11 is 0. The molecule has 3 heteroatoms. The zero-order valence-corrected chi connectivity index (χ0v) is 10.2. The second-order valence-electron chi connectivity index (χ2n) is 3.74. The second-order valence-corrected chi connectivity index (χ2v) is 3.74. The molecule has 0 amide bonds. The van der Waals surface area contributed by atoms with Gasteiger partial charge in [0.15, 0.2) is 11.5 Å². The largest absolute Gasteiger partial charge is 0.493 e. The molecule has 3 nitrogen and oxygen atoms in total. The number of methoxy groups -OCH3 is 1. The Hall–Kier alpha value is -1.22. The predicted molar refractivity (Wildman–Crippen MR) is 66.3 cm³/mol. The van der Waals surface area contributed by atoms with Crippen LogP contribution in [-0.4, -0.2) is 13.7 Å². The standard InChI is InChI=1S/C7H6O2.C6H15N/c1-8-5-3-2-4-6-7(5)9-6;1-2-3-4-5-6-7/h2-4H,1H3;2-7H2,1H3. The molecule has 1 aromatic carbocycles. The van der Waals surface area contributed by atoms with Crippen molar-refractivity contribution in [2.45, 2.75) is 32.6 Å². The van der Waals surface area contributed by atoms with Crippen molar-refractivity contribution in [2.75, 3.05) is 13.7 Å². The van der Waals surface area contributed by atoms with Crippen molar-refractivity contribution < 1.29 is 9.47 Å². The number of nitrogens with two attached hydrogens (primary N) is 1. The highest BCUT2D eigenvalue weighted by Crippen LogP contribution is 2.51. The van der Waals surface area contributed by atoms with Crippen molar-refractivity contribution in [3.8, 4) is 17.2 Å². The molecule has 1 aliphatic rings. The topological polar surface area (TPSA) is 47.8 Å². The van der Waals surface area contributed by atoms with Gasteiger partial charge in [0.25, 0.3) is 0 Å². The summed E-state index contributed by atoms with van der Waals surface area (Å²) in [6.07, 6.45) is 5.16. The number of unbranched alkanes of at least 4 members (excludes halogenated alkanes) is 3. The molecular formula is C13H21NO2. The summed E-state index contributed by atoms with van der Waals surface area (Å²) in [5.74, 6) is 2.65. The maximum atomic E-state index is 5.27. The first-order chi connectivity index (χ1) is 7.83. The Balaban J connectivity index is 0.000000168. The monoisotopic (exact) mass is 223 g/mol. The van der Waals surface area contributed by atoms with Gasteiger partial charge >= 0.3 is 0 Å². The molecule has 2 N–H and O–H groups in total. The fourth-order valence-electron chi connectivity index (χ4n) is 1.40. The van der Waals surface area contributed by atoms with Gasteiger partial charge in [0.05, 0.1) is 7.11 Å². The molecule has 0 atom stereocenters. The predicted octanol–water partition coefficient (Wildman–Crippen LogP) is 3.33. The molecular weight excluding hydrogens is 202 g/mol. The van der Waals surface area contributed by atoms with Crippen LogP contribution >= 0.6 is 0 Å². The quantitative estimate of drug-likeness (QED) is 0.624. The van der Waals surface area contributed by atoms with E-state index in [1.54, 1.807) is 7.11 Å². The highest BCUT2D eigenvalue weighted by Gasteiger charge is 2.23. The summed E-state index contributed by atoms with van der Waals surface area (Å²) in [5, 5.41) is 0. The van der Waals surface area contributed by atoms with Crippen LogP contribution in [0.2, 0.25) is 0 Å². The van der Waals surface area contributed by atoms with Gasteiger partial charge in [0.1, 0.15) is 0 Å². The van der Waals surface area contributed by atoms with E-state index in [1.807, 2.05) is 18.2 Å². The fraction of sp³-hybridized carbons (Fsp3) is 0.538. The van der Waals surface area contributed by atoms with Crippen molar-refractivity contribution in [3.05, 3.63) is 18.2 Å². The lowest BCUT2D eigenvalue weighted by molar-refractivity contribution is 0.408. The van der Waals surface area contributed by atoms with E-state index >= 15 is 0 Å². The third-order valence-corrected chi connectivity index (χ3v) is 2.39. The van der Waals surface area contributed by atoms with Crippen LogP contribution in [-0.2, 0) is 0 Å². The van der Waals surface area contributed by atoms with Gasteiger partial charge in [-0.3, -0.25) is 0 Å². The number of ether oxygens (including phenoxy) is 2. The molecule has 0 saturated carbocycles. The lowest BCUT2D eigenvalue weighted by Crippen LogP contribution is -1.97. The number of benzene rings is 1. The molecule has 0 bridgehead atoms. The van der Waals surface area contributed by atoms with E-state index in [-0.39, 0.29) is 0 Å². The SMILES string of the molecule is CCCCCCN.COc1cccc2c1O2. The van der Waals surface area contributed by atoms with Gasteiger partial charge in [-0.25, -0.2) is 0 Å². The van der Waals surface area contributed by atoms with Crippen molar-refractivity contribution >= 4 is 0 Å². The molecule has 1 aromatic rings. The fourth-order valence-corrected chi connectivity index (χ4v) is 1.40. The van der Waals surface area contributed by atoms with E-state index in [9.17, 15) is 0 Å². The van der Waals surface area contributed by atoms with E-state index in [4.69, 9.17) is 15.2 Å². The third-order valence-electron chi connectivity index (χ3n) is 2.39. The lowest BCUT2D eigenvalue weighted by atomic mass is 10.2. The Labute approximate surface area is 97.6 Å². The van der Waals surface area contributed by atoms with Crippen LogP contribution in [0.15, 0.2) is 18.2 Å². The molecule has 0 spiro atoms. The third kappa shape index (κ3) is 4.11. The molecule has 1 heterocycles. The Morgan fingerprint density at radius 2 is 2.06 bits per heavy atom. The van der Waals surface area contributed by atoms with Crippen LogP contribution in [0.4, 0.5) is 0 Å². The summed E-state index contributed by atoms with van der Waals surface area (Å²) in [6, 6.07) is 5.70. The Kier molecular flexibility index (Phi) is 5.72. The summed E-state index contributed by atoms with van der Waals surface area (Å²) in [4.78, 5) is 0. The van der Waals surface area contributed by atoms with Crippen molar-refractivity contribution in [3.63, 3.8) is 0 Å². The minimum Gasteiger partial charge on any atom is -0.493 e. The van der Waals surface area contributed by atoms with Gasteiger partial charge in [-0.15, -0.1) is 0 Å². The highest BCUT2D eigenvalue weighted by molar-refractivity contribution is 5.62. The van der Waals surface area contributed by atoms with E-state index in [2.05, 4.69) is 6.92 Å². The van der Waals surface area contributed by atoms with Gasteiger partial charge in [0.2, 0.25) is 5.75 Å². The van der Waals surface area contributed by atoms with E-state index in [0.717, 1.165) is 23.8 Å². The summed E-state index contributed by atoms with van der Waals surface area (Å²) in [7, 11) is 1.64. The molecule has 0 aliphatic carbocycles. The Bertz CT molecular complexity index is 309. The van der Waals surface area contributed by atoms with Gasteiger partial charge in [-0.05, 0) is 25.1 Å². The molecule has 90 valence electrons. The van der Waals surface area contributed by atoms with Crippen molar-refractivity contribution in [1.82, 2.24) is 0 Å². The van der Waals surface area contributed by atoms with E-state index < -0.39 is 0 Å². The molecule has 2 rings (SSSR count). The molecule has 0 radical (unpaired) electrons. The van der Waals surface area contributed by atoms with E-state index in [0.29, 0.717) is 0 Å². The average Bonchev–Trinajstić information content (AvgIpc) is 3.09. The maximum Gasteiger partial charge on any atom is 0.211 e. The molecule has 0 saturated heterocycles. The van der Waals surface area contributed by atoms with Crippen LogP contribution in [0.1, 0.15) is 32.6 Å². The maximum absolute atomic E-state index is 5.27. The molecule has 0 aromatic heterocycles. The highest BCUT2D eigenvalue weighted by atomic mass is 16.6. The zero-order chi connectivity index (χ0) is 11.8. The molecule has 0 fully saturated rings. The van der Waals surface area contributed by atoms with Gasteiger partial charge in [0, 0.05) is 0 Å². The van der Waals surface area contributed by atoms with Crippen LogP contribution < -0.4 is 15.2 Å². The summed E-state index contributed by atoms with van der Waals surface area (Å²) in [5.41, 5.74) is 5.27.